The first-order valence-corrected chi connectivity index (χ1v) is 15.4. The number of halogens is 1. The van der Waals surface area contributed by atoms with E-state index in [4.69, 9.17) is 36.9 Å². The molecular weight excluding hydrogens is 546 g/mol. The van der Waals surface area contributed by atoms with Crippen molar-refractivity contribution in [3.63, 3.8) is 0 Å². The predicted octanol–water partition coefficient (Wildman–Crippen LogP) is 4.81. The van der Waals surface area contributed by atoms with Crippen molar-refractivity contribution < 1.29 is 42.5 Å². The second-order valence-corrected chi connectivity index (χ2v) is 11.7. The number of primary amides is 1. The fourth-order valence-electron chi connectivity index (χ4n) is 4.47. The average molecular weight is 581 g/mol. The number of hydrogen-bond acceptors (Lipinski definition) is 5. The summed E-state index contributed by atoms with van der Waals surface area (Å²) in [5.74, 6) is -0.602. The number of phosphoric ester groups is 2. The molecule has 37 heavy (non-hydrogen) atoms. The zero-order valence-corrected chi connectivity index (χ0v) is 23.6. The fraction of sp³-hybridized carbons (Fsp3) is 0.522. The van der Waals surface area contributed by atoms with Crippen molar-refractivity contribution >= 4 is 33.2 Å². The third-order valence-electron chi connectivity index (χ3n) is 5.76. The van der Waals surface area contributed by atoms with Crippen molar-refractivity contribution in [1.29, 1.82) is 0 Å². The standard InChI is InChI=1S/C23H35ClN2O9P2/c1-4-7-15(3)13-19-21(16-9-10-20(17(24)14-16)35-37(31,32)33)22(23(25)27)18(8-5-2)26(19)11-6-12-34-36(28,29)30/h9-10,14-15H,4-8,11-13H2,1-3H3,(H2,25,27)(H2,28,29,30)(H2,31,32,33). The number of carbonyl (C=O) groups is 1. The number of rotatable bonds is 15. The highest BCUT2D eigenvalue weighted by atomic mass is 35.5. The maximum absolute atomic E-state index is 12.8. The number of aromatic nitrogens is 1. The van der Waals surface area contributed by atoms with Gasteiger partial charge >= 0.3 is 15.6 Å². The molecule has 0 spiro atoms. The SMILES string of the molecule is CCCc1c(C(N)=O)c(-c2ccc(OP(=O)(O)O)c(Cl)c2)c(CC(C)CCC)n1CCCOP(=O)(O)O. The molecule has 0 aliphatic rings. The first-order valence-electron chi connectivity index (χ1n) is 12.0. The molecule has 2 rings (SSSR count). The molecule has 1 aromatic carbocycles. The molecule has 11 nitrogen and oxygen atoms in total. The van der Waals surface area contributed by atoms with Gasteiger partial charge in [-0.1, -0.05) is 57.7 Å². The lowest BCUT2D eigenvalue weighted by Crippen LogP contribution is -2.16. The lowest BCUT2D eigenvalue weighted by molar-refractivity contribution is 0.0999. The van der Waals surface area contributed by atoms with Crippen molar-refractivity contribution in [1.82, 2.24) is 4.57 Å². The lowest BCUT2D eigenvalue weighted by atomic mass is 9.93. The summed E-state index contributed by atoms with van der Waals surface area (Å²) in [6.07, 6.45) is 3.99. The van der Waals surface area contributed by atoms with E-state index in [-0.39, 0.29) is 29.7 Å². The number of hydrogen-bond donors (Lipinski definition) is 5. The van der Waals surface area contributed by atoms with Crippen LogP contribution in [0.15, 0.2) is 18.2 Å². The molecule has 6 N–H and O–H groups in total. The van der Waals surface area contributed by atoms with Gasteiger partial charge in [0.15, 0.2) is 0 Å². The summed E-state index contributed by atoms with van der Waals surface area (Å²) in [5, 5.41) is -0.0522. The summed E-state index contributed by atoms with van der Waals surface area (Å²) >= 11 is 6.30. The minimum atomic E-state index is -4.83. The molecule has 0 saturated carbocycles. The van der Waals surface area contributed by atoms with Gasteiger partial charge in [0.25, 0.3) is 5.91 Å². The second kappa shape index (κ2) is 13.4. The molecule has 0 fully saturated rings. The first kappa shape index (κ1) is 31.5. The lowest BCUT2D eigenvalue weighted by Gasteiger charge is -2.18. The zero-order valence-electron chi connectivity index (χ0n) is 21.1. The van der Waals surface area contributed by atoms with E-state index in [1.54, 1.807) is 6.07 Å². The Bertz CT molecular complexity index is 1190. The van der Waals surface area contributed by atoms with Crippen LogP contribution in [0.1, 0.15) is 68.2 Å². The summed E-state index contributed by atoms with van der Waals surface area (Å²) in [5.41, 5.74) is 8.80. The van der Waals surface area contributed by atoms with Crippen LogP contribution in [-0.2, 0) is 33.0 Å². The molecule has 1 unspecified atom stereocenters. The van der Waals surface area contributed by atoms with Crippen LogP contribution in [0.2, 0.25) is 5.02 Å². The minimum absolute atomic E-state index is 0.0522. The van der Waals surface area contributed by atoms with Gasteiger partial charge in [0.05, 0.1) is 17.2 Å². The van der Waals surface area contributed by atoms with E-state index < -0.39 is 21.6 Å². The maximum atomic E-state index is 12.8. The van der Waals surface area contributed by atoms with Crippen molar-refractivity contribution in [2.45, 2.75) is 65.8 Å². The van der Waals surface area contributed by atoms with Crippen LogP contribution >= 0.6 is 27.2 Å². The van der Waals surface area contributed by atoms with Crippen LogP contribution in [0.4, 0.5) is 0 Å². The van der Waals surface area contributed by atoms with Crippen molar-refractivity contribution in [3.8, 4) is 16.9 Å². The Labute approximate surface area is 221 Å². The molecule has 0 aliphatic carbocycles. The topological polar surface area (TPSA) is 182 Å². The number of nitrogens with zero attached hydrogens (tertiary/aromatic N) is 1. The Balaban J connectivity index is 2.71. The van der Waals surface area contributed by atoms with Gasteiger partial charge in [0.1, 0.15) is 5.75 Å². The number of nitrogens with two attached hydrogens (primary N) is 1. The van der Waals surface area contributed by atoms with Crippen LogP contribution in [0.3, 0.4) is 0 Å². The third-order valence-corrected chi connectivity index (χ3v) is 7.01. The molecule has 1 atom stereocenters. The number of benzene rings is 1. The van der Waals surface area contributed by atoms with Gasteiger partial charge in [0, 0.05) is 23.5 Å². The molecule has 14 heteroatoms. The van der Waals surface area contributed by atoms with Crippen molar-refractivity contribution in [2.24, 2.45) is 11.7 Å². The summed E-state index contributed by atoms with van der Waals surface area (Å²) in [4.78, 5) is 49.1. The Morgan fingerprint density at radius 1 is 1.11 bits per heavy atom. The van der Waals surface area contributed by atoms with E-state index in [0.29, 0.717) is 48.2 Å². The quantitative estimate of drug-likeness (QED) is 0.146. The molecule has 208 valence electrons. The van der Waals surface area contributed by atoms with E-state index in [2.05, 4.69) is 22.9 Å². The van der Waals surface area contributed by atoms with Crippen LogP contribution in [0.25, 0.3) is 11.1 Å². The van der Waals surface area contributed by atoms with Crippen LogP contribution in [0, 0.1) is 5.92 Å². The molecule has 1 heterocycles. The summed E-state index contributed by atoms with van der Waals surface area (Å²) in [6, 6.07) is 4.36. The fourth-order valence-corrected chi connectivity index (χ4v) is 5.52. The minimum Gasteiger partial charge on any atom is -0.403 e. The Kier molecular flexibility index (Phi) is 11.4. The molecule has 2 aromatic rings. The van der Waals surface area contributed by atoms with E-state index >= 15 is 0 Å². The Morgan fingerprint density at radius 3 is 2.30 bits per heavy atom. The smallest absolute Gasteiger partial charge is 0.403 e. The Hall–Kier alpha value is -1.68. The van der Waals surface area contributed by atoms with E-state index in [1.807, 2.05) is 11.5 Å². The molecular formula is C23H35ClN2O9P2. The summed E-state index contributed by atoms with van der Waals surface area (Å²) in [6.45, 7) is 6.28. The van der Waals surface area contributed by atoms with Gasteiger partial charge in [-0.25, -0.2) is 9.13 Å². The number of amides is 1. The van der Waals surface area contributed by atoms with Crippen LogP contribution in [0.5, 0.6) is 5.75 Å². The van der Waals surface area contributed by atoms with Gasteiger partial charge in [0.2, 0.25) is 0 Å². The first-order chi connectivity index (χ1) is 17.2. The van der Waals surface area contributed by atoms with Gasteiger partial charge in [-0.15, -0.1) is 0 Å². The van der Waals surface area contributed by atoms with Gasteiger partial charge in [-0.2, -0.15) is 0 Å². The second-order valence-electron chi connectivity index (χ2n) is 8.91. The molecule has 1 aromatic heterocycles. The molecule has 0 bridgehead atoms. The average Bonchev–Trinajstić information content (AvgIpc) is 3.04. The van der Waals surface area contributed by atoms with Crippen molar-refractivity contribution in [2.75, 3.05) is 6.61 Å². The largest absolute Gasteiger partial charge is 0.524 e. The monoisotopic (exact) mass is 580 g/mol. The van der Waals surface area contributed by atoms with Gasteiger partial charge in [-0.3, -0.25) is 19.1 Å². The van der Waals surface area contributed by atoms with E-state index in [1.165, 1.54) is 12.1 Å². The maximum Gasteiger partial charge on any atom is 0.524 e. The van der Waals surface area contributed by atoms with Crippen molar-refractivity contribution in [3.05, 3.63) is 40.2 Å². The van der Waals surface area contributed by atoms with E-state index in [9.17, 15) is 13.9 Å². The van der Waals surface area contributed by atoms with Crippen LogP contribution < -0.4 is 10.3 Å². The third kappa shape index (κ3) is 9.23. The highest BCUT2D eigenvalue weighted by molar-refractivity contribution is 7.46. The molecule has 0 aliphatic heterocycles. The zero-order chi connectivity index (χ0) is 28.0. The summed E-state index contributed by atoms with van der Waals surface area (Å²) in [7, 11) is -9.45. The highest BCUT2D eigenvalue weighted by Gasteiger charge is 2.28. The predicted molar refractivity (Wildman–Crippen MR) is 140 cm³/mol. The number of phosphoric acid groups is 2. The molecule has 0 saturated heterocycles. The highest BCUT2D eigenvalue weighted by Crippen LogP contribution is 2.44. The van der Waals surface area contributed by atoms with Gasteiger partial charge in [-0.05, 0) is 42.9 Å². The van der Waals surface area contributed by atoms with Crippen LogP contribution in [-0.4, -0.2) is 36.7 Å². The number of carbonyl (C=O) groups excluding carboxylic acids is 1. The Morgan fingerprint density at radius 2 is 1.78 bits per heavy atom. The summed E-state index contributed by atoms with van der Waals surface area (Å²) < 4.78 is 33.6. The van der Waals surface area contributed by atoms with Gasteiger partial charge < -0.3 is 24.6 Å². The molecule has 0 radical (unpaired) electrons. The molecule has 1 amide bonds. The normalized spacial score (nSPS) is 13.1. The van der Waals surface area contributed by atoms with E-state index in [0.717, 1.165) is 18.5 Å².